The number of terminal acetylenes is 1. The topological polar surface area (TPSA) is 137 Å². The fraction of sp³-hybridized carbons (Fsp3) is 0.423. The summed E-state index contributed by atoms with van der Waals surface area (Å²) >= 11 is 5.95. The number of aromatic nitrogens is 4. The fourth-order valence-electron chi connectivity index (χ4n) is 4.87. The van der Waals surface area contributed by atoms with Gasteiger partial charge in [0.15, 0.2) is 11.3 Å². The number of fused-ring (bicyclic) bond motifs is 1. The molecule has 38 heavy (non-hydrogen) atoms. The maximum Gasteiger partial charge on any atom is 0.408 e. The lowest BCUT2D eigenvalue weighted by atomic mass is 9.79. The van der Waals surface area contributed by atoms with E-state index in [1.165, 1.54) is 21.8 Å². The van der Waals surface area contributed by atoms with Crippen LogP contribution in [-0.2, 0) is 0 Å². The minimum atomic E-state index is -1.00. The van der Waals surface area contributed by atoms with E-state index < -0.39 is 11.6 Å². The monoisotopic (exact) mass is 536 g/mol. The van der Waals surface area contributed by atoms with Crippen LogP contribution in [0.25, 0.3) is 5.65 Å². The van der Waals surface area contributed by atoms with Crippen LogP contribution in [0.4, 0.5) is 22.0 Å². The van der Waals surface area contributed by atoms with Crippen LogP contribution in [0.3, 0.4) is 0 Å². The summed E-state index contributed by atoms with van der Waals surface area (Å²) in [7, 11) is 0. The van der Waals surface area contributed by atoms with Gasteiger partial charge >= 0.3 is 6.09 Å². The van der Waals surface area contributed by atoms with Gasteiger partial charge in [-0.05, 0) is 57.6 Å². The molecule has 0 radical (unpaired) electrons. The van der Waals surface area contributed by atoms with E-state index in [0.29, 0.717) is 36.0 Å². The van der Waals surface area contributed by atoms with Gasteiger partial charge in [-0.2, -0.15) is 0 Å². The predicted octanol–water partition coefficient (Wildman–Crippen LogP) is 4.33. The van der Waals surface area contributed by atoms with Crippen molar-refractivity contribution in [2.45, 2.75) is 63.1 Å². The molecule has 0 aromatic carbocycles. The zero-order valence-electron chi connectivity index (χ0n) is 20.9. The van der Waals surface area contributed by atoms with Crippen molar-refractivity contribution in [2.75, 3.05) is 22.5 Å². The van der Waals surface area contributed by atoms with Crippen molar-refractivity contribution in [3.63, 3.8) is 0 Å². The molecule has 3 aromatic heterocycles. The number of hydrogen-bond donors (Lipinski definition) is 4. The van der Waals surface area contributed by atoms with Crippen LogP contribution < -0.4 is 16.0 Å². The Hall–Kier alpha value is -4.04. The quantitative estimate of drug-likeness (QED) is 0.246. The molecule has 0 saturated heterocycles. The Morgan fingerprint density at radius 1 is 1.21 bits per heavy atom. The molecule has 0 aliphatic heterocycles. The highest BCUT2D eigenvalue weighted by atomic mass is 35.5. The first-order chi connectivity index (χ1) is 18.3. The van der Waals surface area contributed by atoms with Crippen molar-refractivity contribution in [3.8, 4) is 12.3 Å². The third-order valence-electron chi connectivity index (χ3n) is 7.17. The summed E-state index contributed by atoms with van der Waals surface area (Å²) in [6.07, 6.45) is 12.4. The highest BCUT2D eigenvalue weighted by Crippen LogP contribution is 2.35. The highest BCUT2D eigenvalue weighted by molar-refractivity contribution is 6.29. The molecule has 3 aromatic rings. The van der Waals surface area contributed by atoms with Crippen LogP contribution in [0.5, 0.6) is 0 Å². The van der Waals surface area contributed by atoms with Crippen LogP contribution in [0.2, 0.25) is 5.15 Å². The SMILES string of the molecule is C#CCN(C(=O)O)[C@]1(C)CC[C@@H](Nc2cc(NC3CC3)c3ncc(C(=O)Nc4ccnc(Cl)c4)n3n2)CC1. The maximum absolute atomic E-state index is 13.1. The second-order valence-corrected chi connectivity index (χ2v) is 10.4. The van der Waals surface area contributed by atoms with Gasteiger partial charge in [-0.3, -0.25) is 9.69 Å². The average molecular weight is 537 g/mol. The lowest BCUT2D eigenvalue weighted by Gasteiger charge is -2.43. The molecule has 2 fully saturated rings. The summed E-state index contributed by atoms with van der Waals surface area (Å²) in [4.78, 5) is 34.6. The van der Waals surface area contributed by atoms with Gasteiger partial charge in [0.2, 0.25) is 0 Å². The number of carbonyl (C=O) groups is 2. The number of hydrogen-bond acceptors (Lipinski definition) is 7. The average Bonchev–Trinajstić information content (AvgIpc) is 3.59. The number of pyridine rings is 1. The third-order valence-corrected chi connectivity index (χ3v) is 7.38. The lowest BCUT2D eigenvalue weighted by Crippen LogP contribution is -2.52. The minimum Gasteiger partial charge on any atom is -0.465 e. The molecule has 2 amide bonds. The maximum atomic E-state index is 13.1. The van der Waals surface area contributed by atoms with Gasteiger partial charge in [-0.25, -0.2) is 19.3 Å². The molecule has 0 unspecified atom stereocenters. The first kappa shape index (κ1) is 25.6. The second-order valence-electron chi connectivity index (χ2n) is 10.1. The van der Waals surface area contributed by atoms with Crippen molar-refractivity contribution in [1.82, 2.24) is 24.5 Å². The fourth-order valence-corrected chi connectivity index (χ4v) is 5.04. The van der Waals surface area contributed by atoms with E-state index in [1.54, 1.807) is 12.1 Å². The number of nitrogens with one attached hydrogen (secondary N) is 3. The van der Waals surface area contributed by atoms with E-state index >= 15 is 0 Å². The van der Waals surface area contributed by atoms with E-state index in [9.17, 15) is 14.7 Å². The molecular formula is C26H29ClN8O3. The molecule has 5 rings (SSSR count). The van der Waals surface area contributed by atoms with Gasteiger partial charge in [0, 0.05) is 35.6 Å². The predicted molar refractivity (Wildman–Crippen MR) is 145 cm³/mol. The number of rotatable bonds is 8. The molecular weight excluding hydrogens is 508 g/mol. The summed E-state index contributed by atoms with van der Waals surface area (Å²) in [5.74, 6) is 2.68. The standard InChI is InChI=1S/C26H29ClN8O3/c1-3-12-34(25(37)38)26(2)9-6-17(7-10-26)31-22-14-19(30-16-4-5-16)23-29-15-20(35(23)33-22)24(36)32-18-8-11-28-21(27)13-18/h1,8,11,13-17,30H,4-7,9-10,12H2,2H3,(H,31,33)(H,37,38)(H,28,32,36)/t17-,26-. The normalized spacial score (nSPS) is 20.9. The summed E-state index contributed by atoms with van der Waals surface area (Å²) in [5.41, 5.74) is 1.63. The molecule has 2 aliphatic rings. The van der Waals surface area contributed by atoms with Gasteiger partial charge in [0.25, 0.3) is 5.91 Å². The van der Waals surface area contributed by atoms with Crippen molar-refractivity contribution < 1.29 is 14.7 Å². The molecule has 12 heteroatoms. The molecule has 198 valence electrons. The first-order valence-corrected chi connectivity index (χ1v) is 12.9. The Morgan fingerprint density at radius 2 is 1.95 bits per heavy atom. The summed E-state index contributed by atoms with van der Waals surface area (Å²) < 4.78 is 1.54. The number of carbonyl (C=O) groups excluding carboxylic acids is 1. The molecule has 0 bridgehead atoms. The lowest BCUT2D eigenvalue weighted by molar-refractivity contribution is 0.0679. The van der Waals surface area contributed by atoms with Crippen molar-refractivity contribution in [2.24, 2.45) is 0 Å². The van der Waals surface area contributed by atoms with Gasteiger partial charge in [-0.15, -0.1) is 11.5 Å². The van der Waals surface area contributed by atoms with E-state index in [2.05, 4.69) is 31.8 Å². The van der Waals surface area contributed by atoms with Crippen LogP contribution >= 0.6 is 11.6 Å². The van der Waals surface area contributed by atoms with Gasteiger partial charge < -0.3 is 21.1 Å². The number of nitrogens with zero attached hydrogens (tertiary/aromatic N) is 5. The van der Waals surface area contributed by atoms with Gasteiger partial charge in [-0.1, -0.05) is 17.5 Å². The van der Waals surface area contributed by atoms with Gasteiger partial charge in [0.05, 0.1) is 18.4 Å². The number of carboxylic acid groups (broad SMARTS) is 1. The van der Waals surface area contributed by atoms with Crippen LogP contribution in [0.1, 0.15) is 55.9 Å². The number of amides is 2. The molecule has 2 aliphatic carbocycles. The Kier molecular flexibility index (Phi) is 6.99. The van der Waals surface area contributed by atoms with E-state index in [-0.39, 0.29) is 29.3 Å². The molecule has 3 heterocycles. The largest absolute Gasteiger partial charge is 0.465 e. The van der Waals surface area contributed by atoms with Crippen molar-refractivity contribution in [1.29, 1.82) is 0 Å². The molecule has 11 nitrogen and oxygen atoms in total. The second kappa shape index (κ2) is 10.4. The number of halogens is 1. The Bertz CT molecular complexity index is 1410. The zero-order chi connectivity index (χ0) is 26.9. The summed E-state index contributed by atoms with van der Waals surface area (Å²) in [6, 6.07) is 5.59. The van der Waals surface area contributed by atoms with Gasteiger partial charge in [0.1, 0.15) is 11.0 Å². The van der Waals surface area contributed by atoms with E-state index in [0.717, 1.165) is 31.4 Å². The van der Waals surface area contributed by atoms with E-state index in [1.807, 2.05) is 13.0 Å². The summed E-state index contributed by atoms with van der Waals surface area (Å²) in [5, 5.41) is 24.4. The summed E-state index contributed by atoms with van der Waals surface area (Å²) in [6.45, 7) is 2.01. The van der Waals surface area contributed by atoms with Crippen LogP contribution in [-0.4, -0.2) is 65.8 Å². The van der Waals surface area contributed by atoms with Crippen LogP contribution in [0.15, 0.2) is 30.6 Å². The van der Waals surface area contributed by atoms with Crippen molar-refractivity contribution in [3.05, 3.63) is 41.4 Å². The number of imidazole rings is 1. The Morgan fingerprint density at radius 3 is 2.61 bits per heavy atom. The first-order valence-electron chi connectivity index (χ1n) is 12.5. The smallest absolute Gasteiger partial charge is 0.408 e. The molecule has 2 saturated carbocycles. The number of anilines is 3. The molecule has 0 atom stereocenters. The van der Waals surface area contributed by atoms with Crippen molar-refractivity contribution >= 4 is 46.4 Å². The molecule has 4 N–H and O–H groups in total. The highest BCUT2D eigenvalue weighted by Gasteiger charge is 2.39. The van der Waals surface area contributed by atoms with Crippen LogP contribution in [0, 0.1) is 12.3 Å². The molecule has 0 spiro atoms. The Labute approximate surface area is 225 Å². The zero-order valence-corrected chi connectivity index (χ0v) is 21.7. The minimum absolute atomic E-state index is 0.0650. The third kappa shape index (κ3) is 5.45. The Balaban J connectivity index is 1.37. The van der Waals surface area contributed by atoms with E-state index in [4.69, 9.17) is 23.1 Å².